The van der Waals surface area contributed by atoms with Crippen LogP contribution in [0.1, 0.15) is 5.56 Å². The van der Waals surface area contributed by atoms with Gasteiger partial charge >= 0.3 is 0 Å². The molecule has 0 aliphatic rings. The fraction of sp³-hybridized carbons (Fsp3) is 0.294. The number of pyridine rings is 1. The maximum absolute atomic E-state index is 12.2. The Labute approximate surface area is 141 Å². The summed E-state index contributed by atoms with van der Waals surface area (Å²) < 4.78 is 0.776. The first kappa shape index (κ1) is 17.1. The summed E-state index contributed by atoms with van der Waals surface area (Å²) in [6, 6.07) is 13.3. The summed E-state index contributed by atoms with van der Waals surface area (Å²) in [6.45, 7) is 0.555. The van der Waals surface area contributed by atoms with E-state index in [1.807, 2.05) is 43.3 Å². The Bertz CT molecular complexity index is 659. The SMILES string of the molecule is CN(Cc1ccc(N(C)C)cc1)C(=O)CSc1cccc[n+]1[O-]. The Hall–Kier alpha value is -2.21. The molecule has 1 heterocycles. The number of carbonyl (C=O) groups is 1. The second-order valence-electron chi connectivity index (χ2n) is 5.46. The fourth-order valence-corrected chi connectivity index (χ4v) is 2.89. The van der Waals surface area contributed by atoms with Crippen molar-refractivity contribution in [1.29, 1.82) is 0 Å². The van der Waals surface area contributed by atoms with Crippen LogP contribution >= 0.6 is 11.8 Å². The zero-order chi connectivity index (χ0) is 16.8. The van der Waals surface area contributed by atoms with Gasteiger partial charge in [-0.2, -0.15) is 4.73 Å². The van der Waals surface area contributed by atoms with Crippen molar-refractivity contribution in [1.82, 2.24) is 4.90 Å². The number of amides is 1. The normalized spacial score (nSPS) is 10.4. The Morgan fingerprint density at radius 3 is 2.43 bits per heavy atom. The number of aromatic nitrogens is 1. The van der Waals surface area contributed by atoms with Gasteiger partial charge in [0.15, 0.2) is 6.20 Å². The lowest BCUT2D eigenvalue weighted by Gasteiger charge is -2.18. The van der Waals surface area contributed by atoms with E-state index >= 15 is 0 Å². The molecule has 5 nitrogen and oxygen atoms in total. The molecule has 0 aliphatic carbocycles. The van der Waals surface area contributed by atoms with Crippen LogP contribution in [-0.4, -0.2) is 37.7 Å². The van der Waals surface area contributed by atoms with Crippen LogP contribution in [0.15, 0.2) is 53.7 Å². The van der Waals surface area contributed by atoms with E-state index < -0.39 is 0 Å². The van der Waals surface area contributed by atoms with E-state index in [0.29, 0.717) is 11.6 Å². The van der Waals surface area contributed by atoms with Crippen molar-refractivity contribution in [3.05, 3.63) is 59.4 Å². The zero-order valence-electron chi connectivity index (χ0n) is 13.6. The summed E-state index contributed by atoms with van der Waals surface area (Å²) >= 11 is 1.25. The van der Waals surface area contributed by atoms with Crippen LogP contribution in [0.3, 0.4) is 0 Å². The minimum absolute atomic E-state index is 0.00413. The molecule has 0 fully saturated rings. The summed E-state index contributed by atoms with van der Waals surface area (Å²) in [7, 11) is 5.76. The molecule has 0 saturated carbocycles. The molecule has 0 atom stereocenters. The van der Waals surface area contributed by atoms with Gasteiger partial charge in [-0.25, -0.2) is 0 Å². The van der Waals surface area contributed by atoms with Crippen molar-refractivity contribution in [2.24, 2.45) is 0 Å². The van der Waals surface area contributed by atoms with Gasteiger partial charge in [-0.05, 0) is 35.5 Å². The Morgan fingerprint density at radius 2 is 1.83 bits per heavy atom. The van der Waals surface area contributed by atoms with Gasteiger partial charge in [-0.15, -0.1) is 0 Å². The second-order valence-corrected chi connectivity index (χ2v) is 6.46. The van der Waals surface area contributed by atoms with Crippen molar-refractivity contribution in [2.45, 2.75) is 11.6 Å². The Kier molecular flexibility index (Phi) is 5.87. The zero-order valence-corrected chi connectivity index (χ0v) is 14.4. The van der Waals surface area contributed by atoms with Crippen LogP contribution in [0.25, 0.3) is 0 Å². The summed E-state index contributed by atoms with van der Waals surface area (Å²) in [5, 5.41) is 12.1. The average Bonchev–Trinajstić information content (AvgIpc) is 2.54. The molecule has 0 aliphatic heterocycles. The van der Waals surface area contributed by atoms with E-state index in [9.17, 15) is 10.0 Å². The minimum atomic E-state index is -0.00413. The van der Waals surface area contributed by atoms with Crippen molar-refractivity contribution in [3.8, 4) is 0 Å². The van der Waals surface area contributed by atoms with Crippen LogP contribution in [0, 0.1) is 5.21 Å². The van der Waals surface area contributed by atoms with E-state index in [-0.39, 0.29) is 11.7 Å². The second kappa shape index (κ2) is 7.87. The predicted molar refractivity (Wildman–Crippen MR) is 93.4 cm³/mol. The Balaban J connectivity index is 1.88. The molecular formula is C17H21N3O2S. The topological polar surface area (TPSA) is 50.5 Å². The lowest BCUT2D eigenvalue weighted by Crippen LogP contribution is -2.31. The number of benzene rings is 1. The van der Waals surface area contributed by atoms with Gasteiger partial charge < -0.3 is 15.0 Å². The molecule has 6 heteroatoms. The number of hydrogen-bond donors (Lipinski definition) is 0. The summed E-state index contributed by atoms with van der Waals surface area (Å²) in [4.78, 5) is 15.9. The van der Waals surface area contributed by atoms with Crippen molar-refractivity contribution in [2.75, 3.05) is 31.8 Å². The van der Waals surface area contributed by atoms with E-state index in [0.717, 1.165) is 16.0 Å². The molecule has 2 aromatic rings. The summed E-state index contributed by atoms with van der Waals surface area (Å²) in [6.07, 6.45) is 1.43. The number of thioether (sulfide) groups is 1. The number of carbonyl (C=O) groups excluding carboxylic acids is 1. The molecule has 23 heavy (non-hydrogen) atoms. The van der Waals surface area contributed by atoms with Crippen LogP contribution in [0.5, 0.6) is 0 Å². The fourth-order valence-electron chi connectivity index (χ4n) is 2.03. The third-order valence-electron chi connectivity index (χ3n) is 3.43. The molecule has 122 valence electrons. The molecule has 0 saturated heterocycles. The number of rotatable bonds is 6. The quantitative estimate of drug-likeness (QED) is 0.462. The molecule has 0 radical (unpaired) electrons. The molecule has 2 rings (SSSR count). The van der Waals surface area contributed by atoms with Gasteiger partial charge in [0.05, 0.1) is 5.75 Å². The first-order valence-corrected chi connectivity index (χ1v) is 8.27. The molecular weight excluding hydrogens is 310 g/mol. The van der Waals surface area contributed by atoms with Crippen LogP contribution in [-0.2, 0) is 11.3 Å². The molecule has 0 unspecified atom stereocenters. The molecule has 1 aromatic carbocycles. The van der Waals surface area contributed by atoms with Crippen LogP contribution < -0.4 is 9.63 Å². The monoisotopic (exact) mass is 331 g/mol. The first-order chi connectivity index (χ1) is 11.0. The smallest absolute Gasteiger partial charge is 0.251 e. The first-order valence-electron chi connectivity index (χ1n) is 7.28. The number of nitrogens with zero attached hydrogens (tertiary/aromatic N) is 3. The highest BCUT2D eigenvalue weighted by atomic mass is 32.2. The van der Waals surface area contributed by atoms with Crippen LogP contribution in [0.2, 0.25) is 0 Å². The lowest BCUT2D eigenvalue weighted by atomic mass is 10.2. The van der Waals surface area contributed by atoms with Gasteiger partial charge in [-0.3, -0.25) is 4.79 Å². The maximum Gasteiger partial charge on any atom is 0.251 e. The third-order valence-corrected chi connectivity index (χ3v) is 4.43. The third kappa shape index (κ3) is 4.89. The van der Waals surface area contributed by atoms with Gasteiger partial charge in [-0.1, -0.05) is 12.1 Å². The molecule has 1 aromatic heterocycles. The summed E-state index contributed by atoms with van der Waals surface area (Å²) in [5.74, 6) is 0.244. The highest BCUT2D eigenvalue weighted by Gasteiger charge is 2.13. The van der Waals surface area contributed by atoms with E-state index in [1.54, 1.807) is 30.1 Å². The largest absolute Gasteiger partial charge is 0.618 e. The van der Waals surface area contributed by atoms with Gasteiger partial charge in [0.1, 0.15) is 0 Å². The van der Waals surface area contributed by atoms with Crippen molar-refractivity contribution >= 4 is 23.4 Å². The lowest BCUT2D eigenvalue weighted by molar-refractivity contribution is -0.645. The highest BCUT2D eigenvalue weighted by molar-refractivity contribution is 7.99. The molecule has 1 amide bonds. The number of hydrogen-bond acceptors (Lipinski definition) is 4. The molecule has 0 N–H and O–H groups in total. The van der Waals surface area contributed by atoms with Crippen molar-refractivity contribution < 1.29 is 9.52 Å². The van der Waals surface area contributed by atoms with E-state index in [2.05, 4.69) is 0 Å². The standard InChI is InChI=1S/C17H21N3O2S/c1-18(2)15-9-7-14(8-10-15)12-19(3)16(21)13-23-17-6-4-5-11-20(17)22/h4-11H,12-13H2,1-3H3. The van der Waals surface area contributed by atoms with Crippen LogP contribution in [0.4, 0.5) is 5.69 Å². The predicted octanol–water partition coefficient (Wildman–Crippen LogP) is 2.14. The Morgan fingerprint density at radius 1 is 1.13 bits per heavy atom. The van der Waals surface area contributed by atoms with Gasteiger partial charge in [0, 0.05) is 45.5 Å². The minimum Gasteiger partial charge on any atom is -0.618 e. The summed E-state index contributed by atoms with van der Waals surface area (Å²) in [5.41, 5.74) is 2.21. The van der Waals surface area contributed by atoms with E-state index in [1.165, 1.54) is 18.0 Å². The van der Waals surface area contributed by atoms with E-state index in [4.69, 9.17) is 0 Å². The molecule has 0 bridgehead atoms. The molecule has 0 spiro atoms. The maximum atomic E-state index is 12.2. The van der Waals surface area contributed by atoms with Gasteiger partial charge in [0.25, 0.3) is 5.03 Å². The average molecular weight is 331 g/mol. The highest BCUT2D eigenvalue weighted by Crippen LogP contribution is 2.16. The van der Waals surface area contributed by atoms with Gasteiger partial charge in [0.2, 0.25) is 5.91 Å². The van der Waals surface area contributed by atoms with Crippen molar-refractivity contribution in [3.63, 3.8) is 0 Å². The number of anilines is 1.